The number of fused-ring (bicyclic) bond motifs is 1. The van der Waals surface area contributed by atoms with Gasteiger partial charge in [0.25, 0.3) is 10.1 Å². The number of rotatable bonds is 8. The fourth-order valence-electron chi connectivity index (χ4n) is 4.20. The molecule has 10 nitrogen and oxygen atoms in total. The number of nitrogens with two attached hydrogens (primary N) is 2. The molecule has 0 aliphatic rings. The van der Waals surface area contributed by atoms with Crippen LogP contribution in [0.3, 0.4) is 0 Å². The lowest BCUT2D eigenvalue weighted by atomic mass is 10.0. The number of amides is 2. The third kappa shape index (κ3) is 5.60. The fraction of sp³-hybridized carbons (Fsp3) is 0.115. The molecule has 0 fully saturated rings. The number of aromatic nitrogens is 3. The number of nitrogens with zero attached hydrogens (tertiary/aromatic N) is 4. The van der Waals surface area contributed by atoms with Gasteiger partial charge in [0.1, 0.15) is 11.6 Å². The first-order valence-electron chi connectivity index (χ1n) is 11.6. The van der Waals surface area contributed by atoms with Crippen LogP contribution in [0.5, 0.6) is 0 Å². The van der Waals surface area contributed by atoms with Crippen LogP contribution in [0.1, 0.15) is 0 Å². The number of primary amides is 1. The van der Waals surface area contributed by atoms with E-state index in [0.29, 0.717) is 17.2 Å². The molecule has 3 aromatic heterocycles. The molecule has 0 aliphatic carbocycles. The van der Waals surface area contributed by atoms with Gasteiger partial charge >= 0.3 is 6.03 Å². The third-order valence-electron chi connectivity index (χ3n) is 5.91. The maximum absolute atomic E-state index is 13.8. The average molecular weight is 567 g/mol. The molecule has 0 saturated heterocycles. The Morgan fingerprint density at radius 3 is 2.56 bits per heavy atom. The average Bonchev–Trinajstić information content (AvgIpc) is 3.52. The van der Waals surface area contributed by atoms with E-state index in [-0.39, 0.29) is 13.2 Å². The lowest BCUT2D eigenvalue weighted by molar-refractivity contribution is 0.256. The number of thiophene rings is 1. The summed E-state index contributed by atoms with van der Waals surface area (Å²) in [5.74, 6) is -0.117. The molecule has 5 aromatic rings. The molecule has 13 heteroatoms. The Balaban J connectivity index is 1.46. The SMILES string of the molecule is CS(=O)(=O)OCCn1cc(-c2cnc(N)c3c(-c4ccc(N(C(N)=O)c5cccc(F)c5)cc4)csc23)cn1. The van der Waals surface area contributed by atoms with E-state index in [1.807, 2.05) is 17.5 Å². The predicted octanol–water partition coefficient (Wildman–Crippen LogP) is 4.74. The molecule has 5 rings (SSSR count). The lowest BCUT2D eigenvalue weighted by Crippen LogP contribution is -2.31. The van der Waals surface area contributed by atoms with Crippen molar-refractivity contribution < 1.29 is 21.8 Å². The second-order valence-electron chi connectivity index (χ2n) is 8.63. The van der Waals surface area contributed by atoms with Crippen molar-refractivity contribution in [2.45, 2.75) is 6.54 Å². The second-order valence-corrected chi connectivity index (χ2v) is 11.2. The number of carbonyl (C=O) groups excluding carboxylic acids is 1. The van der Waals surface area contributed by atoms with Crippen LogP contribution in [-0.4, -0.2) is 42.1 Å². The van der Waals surface area contributed by atoms with E-state index in [4.69, 9.17) is 15.7 Å². The fourth-order valence-corrected chi connectivity index (χ4v) is 5.70. The molecular formula is C26H23FN6O4S2. The highest BCUT2D eigenvalue weighted by Gasteiger charge is 2.19. The van der Waals surface area contributed by atoms with Gasteiger partial charge in [-0.05, 0) is 41.3 Å². The number of anilines is 3. The molecule has 0 radical (unpaired) electrons. The predicted molar refractivity (Wildman–Crippen MR) is 150 cm³/mol. The third-order valence-corrected chi connectivity index (χ3v) is 7.52. The van der Waals surface area contributed by atoms with Gasteiger partial charge in [0.15, 0.2) is 0 Å². The summed E-state index contributed by atoms with van der Waals surface area (Å²) in [6.07, 6.45) is 6.14. The van der Waals surface area contributed by atoms with Gasteiger partial charge in [-0.2, -0.15) is 13.5 Å². The van der Waals surface area contributed by atoms with Crippen LogP contribution >= 0.6 is 11.3 Å². The summed E-state index contributed by atoms with van der Waals surface area (Å²) in [6.45, 7) is 0.236. The number of nitrogen functional groups attached to an aromatic ring is 1. The van der Waals surface area contributed by atoms with Crippen LogP contribution < -0.4 is 16.4 Å². The monoisotopic (exact) mass is 566 g/mol. The van der Waals surface area contributed by atoms with Crippen LogP contribution in [-0.2, 0) is 20.8 Å². The first-order chi connectivity index (χ1) is 18.6. The zero-order valence-corrected chi connectivity index (χ0v) is 22.2. The molecule has 0 atom stereocenters. The van der Waals surface area contributed by atoms with Gasteiger partial charge in [-0.15, -0.1) is 11.3 Å². The molecule has 0 aliphatic heterocycles. The van der Waals surface area contributed by atoms with Gasteiger partial charge in [-0.25, -0.2) is 14.2 Å². The van der Waals surface area contributed by atoms with Crippen LogP contribution in [0.25, 0.3) is 32.3 Å². The molecule has 39 heavy (non-hydrogen) atoms. The summed E-state index contributed by atoms with van der Waals surface area (Å²) in [5, 5.41) is 7.05. The number of hydrogen-bond donors (Lipinski definition) is 2. The van der Waals surface area contributed by atoms with E-state index in [2.05, 4.69) is 10.1 Å². The van der Waals surface area contributed by atoms with Crippen LogP contribution in [0.15, 0.2) is 72.5 Å². The standard InChI is InChI=1S/C26H23FN6O4S2/c1-39(35,36)37-10-9-32-14-17(12-31-32)21-13-30-25(28)23-22(15-38-24(21)23)16-5-7-19(8-6-16)33(26(29)34)20-4-2-3-18(27)11-20/h2-8,11-15H,9-10H2,1H3,(H2,28,30)(H2,29,34). The lowest BCUT2D eigenvalue weighted by Gasteiger charge is -2.21. The van der Waals surface area contributed by atoms with Gasteiger partial charge in [-0.3, -0.25) is 13.8 Å². The summed E-state index contributed by atoms with van der Waals surface area (Å²) in [6, 6.07) is 12.0. The molecule has 2 amide bonds. The Morgan fingerprint density at radius 1 is 1.10 bits per heavy atom. The summed E-state index contributed by atoms with van der Waals surface area (Å²) in [4.78, 5) is 17.8. The number of carbonyl (C=O) groups is 1. The van der Waals surface area contributed by atoms with E-state index in [0.717, 1.165) is 38.6 Å². The smallest absolute Gasteiger partial charge is 0.323 e. The summed E-state index contributed by atoms with van der Waals surface area (Å²) in [5.41, 5.74) is 16.0. The molecule has 0 unspecified atom stereocenters. The Morgan fingerprint density at radius 2 is 1.87 bits per heavy atom. The highest BCUT2D eigenvalue weighted by atomic mass is 32.2. The zero-order valence-electron chi connectivity index (χ0n) is 20.6. The molecular weight excluding hydrogens is 543 g/mol. The number of urea groups is 1. The minimum absolute atomic E-state index is 0.0269. The van der Waals surface area contributed by atoms with Gasteiger partial charge in [0, 0.05) is 39.2 Å². The number of pyridine rings is 1. The number of halogens is 1. The van der Waals surface area contributed by atoms with Gasteiger partial charge in [0.2, 0.25) is 0 Å². The maximum atomic E-state index is 13.8. The number of hydrogen-bond acceptors (Lipinski definition) is 8. The molecule has 4 N–H and O–H groups in total. The van der Waals surface area contributed by atoms with Crippen molar-refractivity contribution in [1.82, 2.24) is 14.8 Å². The first-order valence-corrected chi connectivity index (χ1v) is 14.3. The van der Waals surface area contributed by atoms with Crippen molar-refractivity contribution in [1.29, 1.82) is 0 Å². The van der Waals surface area contributed by atoms with E-state index in [1.54, 1.807) is 41.5 Å². The van der Waals surface area contributed by atoms with Crippen molar-refractivity contribution in [3.05, 3.63) is 78.3 Å². The van der Waals surface area contributed by atoms with E-state index in [1.165, 1.54) is 34.4 Å². The minimum Gasteiger partial charge on any atom is -0.383 e. The maximum Gasteiger partial charge on any atom is 0.323 e. The summed E-state index contributed by atoms with van der Waals surface area (Å²) < 4.78 is 43.5. The van der Waals surface area contributed by atoms with Crippen molar-refractivity contribution in [3.63, 3.8) is 0 Å². The van der Waals surface area contributed by atoms with Gasteiger partial charge in [0.05, 0.1) is 37.0 Å². The summed E-state index contributed by atoms with van der Waals surface area (Å²) in [7, 11) is -3.53. The van der Waals surface area contributed by atoms with Crippen LogP contribution in [0.2, 0.25) is 0 Å². The summed E-state index contributed by atoms with van der Waals surface area (Å²) >= 11 is 1.50. The van der Waals surface area contributed by atoms with Crippen LogP contribution in [0, 0.1) is 5.82 Å². The Bertz CT molecular complexity index is 1780. The van der Waals surface area contributed by atoms with Crippen molar-refractivity contribution in [3.8, 4) is 22.3 Å². The van der Waals surface area contributed by atoms with Crippen molar-refractivity contribution in [2.24, 2.45) is 5.73 Å². The Hall–Kier alpha value is -4.33. The normalized spacial score (nSPS) is 11.6. The minimum atomic E-state index is -3.53. The molecule has 0 spiro atoms. The molecule has 3 heterocycles. The topological polar surface area (TPSA) is 146 Å². The van der Waals surface area contributed by atoms with Crippen molar-refractivity contribution >= 4 is 54.8 Å². The molecule has 200 valence electrons. The molecule has 0 bridgehead atoms. The van der Waals surface area contributed by atoms with E-state index >= 15 is 0 Å². The first kappa shape index (κ1) is 26.3. The second kappa shape index (κ2) is 10.4. The molecule has 0 saturated carbocycles. The largest absolute Gasteiger partial charge is 0.383 e. The highest BCUT2D eigenvalue weighted by molar-refractivity contribution is 7.85. The highest BCUT2D eigenvalue weighted by Crippen LogP contribution is 2.42. The number of benzene rings is 2. The van der Waals surface area contributed by atoms with Crippen molar-refractivity contribution in [2.75, 3.05) is 23.5 Å². The van der Waals surface area contributed by atoms with E-state index in [9.17, 15) is 17.6 Å². The van der Waals surface area contributed by atoms with Crippen LogP contribution in [0.4, 0.5) is 26.4 Å². The Labute approximate surface area is 227 Å². The van der Waals surface area contributed by atoms with E-state index < -0.39 is 22.0 Å². The van der Waals surface area contributed by atoms with Gasteiger partial charge < -0.3 is 11.5 Å². The Kier molecular flexibility index (Phi) is 7.04. The zero-order chi connectivity index (χ0) is 27.7. The van der Waals surface area contributed by atoms with Gasteiger partial charge in [-0.1, -0.05) is 18.2 Å². The quantitative estimate of drug-likeness (QED) is 0.258. The molecule has 2 aromatic carbocycles.